The lowest BCUT2D eigenvalue weighted by molar-refractivity contribution is -0.147. The minimum absolute atomic E-state index is 0.0392. The number of methoxy groups -OCH3 is 1. The van der Waals surface area contributed by atoms with Crippen molar-refractivity contribution in [1.82, 2.24) is 9.80 Å². The summed E-state index contributed by atoms with van der Waals surface area (Å²) in [6.45, 7) is 5.56. The number of nitrogens with zero attached hydrogens (tertiary/aromatic N) is 2. The number of fused-ring (bicyclic) bond motifs is 1. The lowest BCUT2D eigenvalue weighted by Gasteiger charge is -2.37. The maximum absolute atomic E-state index is 13.0. The number of anilines is 1. The number of ether oxygens (including phenoxy) is 3. The lowest BCUT2D eigenvalue weighted by atomic mass is 10.0. The van der Waals surface area contributed by atoms with Gasteiger partial charge in [0.05, 0.1) is 7.11 Å². The SMILES string of the molecule is COc1ccc2c(c1)CCN(C1CCN(C(=O)O[C@H](Cc3cc(C)c(OCc4ccccc4)c(C)c3)C(=O)O)CC1)C(=O)N2. The molecule has 0 unspecified atom stereocenters. The van der Waals surface area contributed by atoms with Crippen LogP contribution in [-0.2, 0) is 29.0 Å². The number of hydrogen-bond donors (Lipinski definition) is 2. The molecule has 3 aromatic carbocycles. The Hall–Kier alpha value is -4.73. The van der Waals surface area contributed by atoms with Gasteiger partial charge in [0.25, 0.3) is 0 Å². The molecule has 3 amide bonds. The van der Waals surface area contributed by atoms with Gasteiger partial charge in [-0.3, -0.25) is 0 Å². The minimum Gasteiger partial charge on any atom is -0.497 e. The molecule has 2 aliphatic rings. The number of aliphatic carboxylic acids is 1. The summed E-state index contributed by atoms with van der Waals surface area (Å²) < 4.78 is 16.9. The van der Waals surface area contributed by atoms with Crippen molar-refractivity contribution in [3.05, 3.63) is 88.5 Å². The van der Waals surface area contributed by atoms with Crippen molar-refractivity contribution in [2.45, 2.75) is 58.3 Å². The second-order valence-corrected chi connectivity index (χ2v) is 11.4. The number of benzene rings is 3. The van der Waals surface area contributed by atoms with E-state index in [1.165, 1.54) is 4.90 Å². The number of aryl methyl sites for hydroxylation is 2. The van der Waals surface area contributed by atoms with Crippen LogP contribution in [0.2, 0.25) is 0 Å². The molecular formula is C34H39N3O7. The van der Waals surface area contributed by atoms with Gasteiger partial charge in [-0.15, -0.1) is 0 Å². The van der Waals surface area contributed by atoms with E-state index >= 15 is 0 Å². The highest BCUT2D eigenvalue weighted by Crippen LogP contribution is 2.29. The van der Waals surface area contributed by atoms with Crippen LogP contribution in [0.4, 0.5) is 15.3 Å². The van der Waals surface area contributed by atoms with Gasteiger partial charge in [0.1, 0.15) is 18.1 Å². The van der Waals surface area contributed by atoms with Crippen LogP contribution in [0, 0.1) is 13.8 Å². The Labute approximate surface area is 257 Å². The van der Waals surface area contributed by atoms with Crippen molar-refractivity contribution >= 4 is 23.8 Å². The molecule has 2 heterocycles. The van der Waals surface area contributed by atoms with E-state index in [0.29, 0.717) is 45.5 Å². The highest BCUT2D eigenvalue weighted by Gasteiger charge is 2.33. The van der Waals surface area contributed by atoms with E-state index in [2.05, 4.69) is 5.32 Å². The molecule has 0 saturated carbocycles. The molecule has 232 valence electrons. The Morgan fingerprint density at radius 2 is 1.68 bits per heavy atom. The molecule has 0 aliphatic carbocycles. The number of carboxylic acid groups (broad SMARTS) is 1. The molecule has 2 N–H and O–H groups in total. The molecule has 10 heteroatoms. The number of nitrogens with one attached hydrogen (secondary N) is 1. The van der Waals surface area contributed by atoms with Gasteiger partial charge in [0, 0.05) is 37.8 Å². The third-order valence-corrected chi connectivity index (χ3v) is 8.29. The molecule has 2 aliphatic heterocycles. The number of carboxylic acids is 1. The fourth-order valence-electron chi connectivity index (χ4n) is 5.97. The summed E-state index contributed by atoms with van der Waals surface area (Å²) in [7, 11) is 1.61. The van der Waals surface area contributed by atoms with E-state index in [1.54, 1.807) is 7.11 Å². The molecule has 10 nitrogen and oxygen atoms in total. The number of hydrogen-bond acceptors (Lipinski definition) is 6. The van der Waals surface area contributed by atoms with E-state index in [9.17, 15) is 19.5 Å². The first kappa shape index (κ1) is 30.7. The molecule has 1 atom stereocenters. The fourth-order valence-corrected chi connectivity index (χ4v) is 5.97. The van der Waals surface area contributed by atoms with Gasteiger partial charge < -0.3 is 34.4 Å². The summed E-state index contributed by atoms with van der Waals surface area (Å²) in [4.78, 5) is 41.5. The van der Waals surface area contributed by atoms with Gasteiger partial charge >= 0.3 is 18.1 Å². The molecule has 0 bridgehead atoms. The summed E-state index contributed by atoms with van der Waals surface area (Å²) >= 11 is 0. The predicted octanol–water partition coefficient (Wildman–Crippen LogP) is 5.58. The van der Waals surface area contributed by atoms with Gasteiger partial charge in [0.2, 0.25) is 6.10 Å². The van der Waals surface area contributed by atoms with E-state index in [1.807, 2.05) is 79.4 Å². The topological polar surface area (TPSA) is 118 Å². The monoisotopic (exact) mass is 601 g/mol. The van der Waals surface area contributed by atoms with Crippen LogP contribution >= 0.6 is 0 Å². The molecule has 1 saturated heterocycles. The molecule has 0 aromatic heterocycles. The largest absolute Gasteiger partial charge is 0.497 e. The van der Waals surface area contributed by atoms with Crippen LogP contribution < -0.4 is 14.8 Å². The molecule has 0 radical (unpaired) electrons. The van der Waals surface area contributed by atoms with E-state index in [4.69, 9.17) is 14.2 Å². The third-order valence-electron chi connectivity index (χ3n) is 8.29. The van der Waals surface area contributed by atoms with Crippen molar-refractivity contribution in [2.75, 3.05) is 32.1 Å². The first-order valence-corrected chi connectivity index (χ1v) is 14.9. The molecular weight excluding hydrogens is 562 g/mol. The Morgan fingerprint density at radius 1 is 0.977 bits per heavy atom. The zero-order valence-electron chi connectivity index (χ0n) is 25.4. The van der Waals surface area contributed by atoms with Crippen molar-refractivity contribution in [3.8, 4) is 11.5 Å². The van der Waals surface area contributed by atoms with Crippen LogP contribution in [-0.4, -0.2) is 71.9 Å². The standard InChI is InChI=1S/C34H39N3O7/c1-22-17-25(18-23(2)31(22)43-21-24-7-5-4-6-8-24)19-30(32(38)39)44-34(41)36-14-12-27(13-15-36)37-16-11-26-20-28(42-3)9-10-29(26)35-33(37)40/h4-10,17-18,20,27,30H,11-16,19,21H2,1-3H3,(H,35,40)(H,38,39)/t30-/m1/s1. The summed E-state index contributed by atoms with van der Waals surface area (Å²) in [5.41, 5.74) is 5.36. The number of amides is 3. The van der Waals surface area contributed by atoms with Crippen molar-refractivity contribution in [3.63, 3.8) is 0 Å². The van der Waals surface area contributed by atoms with E-state index in [-0.39, 0.29) is 18.5 Å². The normalized spacial score (nSPS) is 15.9. The summed E-state index contributed by atoms with van der Waals surface area (Å²) in [6, 6.07) is 19.0. The van der Waals surface area contributed by atoms with E-state index < -0.39 is 18.2 Å². The second kappa shape index (κ2) is 13.7. The quantitative estimate of drug-likeness (QED) is 0.329. The summed E-state index contributed by atoms with van der Waals surface area (Å²) in [5, 5.41) is 12.9. The zero-order chi connectivity index (χ0) is 31.2. The lowest BCUT2D eigenvalue weighted by Crippen LogP contribution is -2.50. The average molecular weight is 602 g/mol. The van der Waals surface area contributed by atoms with Crippen LogP contribution in [0.25, 0.3) is 0 Å². The number of carbonyl (C=O) groups is 3. The Kier molecular flexibility index (Phi) is 9.57. The van der Waals surface area contributed by atoms with Crippen LogP contribution in [0.5, 0.6) is 11.5 Å². The minimum atomic E-state index is -1.33. The first-order chi connectivity index (χ1) is 21.2. The maximum atomic E-state index is 13.0. The highest BCUT2D eigenvalue weighted by molar-refractivity contribution is 5.91. The molecule has 1 fully saturated rings. The highest BCUT2D eigenvalue weighted by atomic mass is 16.6. The average Bonchev–Trinajstić information content (AvgIpc) is 3.18. The number of urea groups is 1. The summed E-state index contributed by atoms with van der Waals surface area (Å²) in [5.74, 6) is 0.296. The Bertz CT molecular complexity index is 1480. The zero-order valence-corrected chi connectivity index (χ0v) is 25.4. The number of piperidine rings is 1. The van der Waals surface area contributed by atoms with Gasteiger partial charge in [-0.2, -0.15) is 0 Å². The van der Waals surface area contributed by atoms with Crippen LogP contribution in [0.15, 0.2) is 60.7 Å². The van der Waals surface area contributed by atoms with Crippen LogP contribution in [0.3, 0.4) is 0 Å². The van der Waals surface area contributed by atoms with Gasteiger partial charge in [0.15, 0.2) is 0 Å². The molecule has 5 rings (SSSR count). The number of carbonyl (C=O) groups excluding carboxylic acids is 2. The molecule has 44 heavy (non-hydrogen) atoms. The summed E-state index contributed by atoms with van der Waals surface area (Å²) in [6.07, 6.45) is -0.121. The number of rotatable bonds is 9. The van der Waals surface area contributed by atoms with Gasteiger partial charge in [-0.05, 0) is 79.1 Å². The predicted molar refractivity (Wildman–Crippen MR) is 165 cm³/mol. The Balaban J connectivity index is 1.15. The number of likely N-dealkylation sites (tertiary alicyclic amines) is 1. The second-order valence-electron chi connectivity index (χ2n) is 11.4. The first-order valence-electron chi connectivity index (χ1n) is 14.9. The molecule has 0 spiro atoms. The fraction of sp³-hybridized carbons (Fsp3) is 0.382. The molecule has 3 aromatic rings. The van der Waals surface area contributed by atoms with Crippen LogP contribution in [0.1, 0.15) is 40.7 Å². The van der Waals surface area contributed by atoms with Crippen molar-refractivity contribution in [2.24, 2.45) is 0 Å². The van der Waals surface area contributed by atoms with Gasteiger partial charge in [-0.25, -0.2) is 14.4 Å². The van der Waals surface area contributed by atoms with Crippen molar-refractivity contribution < 1.29 is 33.7 Å². The maximum Gasteiger partial charge on any atom is 0.410 e. The van der Waals surface area contributed by atoms with Gasteiger partial charge in [-0.1, -0.05) is 42.5 Å². The van der Waals surface area contributed by atoms with Crippen molar-refractivity contribution in [1.29, 1.82) is 0 Å². The third kappa shape index (κ3) is 7.24. The smallest absolute Gasteiger partial charge is 0.410 e. The van der Waals surface area contributed by atoms with E-state index in [0.717, 1.165) is 45.0 Å². The Morgan fingerprint density at radius 3 is 2.34 bits per heavy atom.